The van der Waals surface area contributed by atoms with Gasteiger partial charge in [0.2, 0.25) is 5.91 Å². The van der Waals surface area contributed by atoms with E-state index >= 15 is 0 Å². The van der Waals surface area contributed by atoms with Gasteiger partial charge in [-0.05, 0) is 32.0 Å². The average Bonchev–Trinajstić information content (AvgIpc) is 2.31. The molecule has 1 aliphatic rings. The Morgan fingerprint density at radius 3 is 2.89 bits per heavy atom. The molecule has 102 valence electrons. The van der Waals surface area contributed by atoms with Crippen molar-refractivity contribution in [1.29, 1.82) is 0 Å². The van der Waals surface area contributed by atoms with Gasteiger partial charge >= 0.3 is 0 Å². The van der Waals surface area contributed by atoms with Crippen LogP contribution in [-0.2, 0) is 14.3 Å². The Morgan fingerprint density at radius 1 is 1.47 bits per heavy atom. The molecule has 0 aromatic heterocycles. The highest BCUT2D eigenvalue weighted by molar-refractivity contribution is 6.01. The van der Waals surface area contributed by atoms with Gasteiger partial charge in [0.05, 0.1) is 5.69 Å². The zero-order chi connectivity index (χ0) is 14.0. The lowest BCUT2D eigenvalue weighted by Gasteiger charge is -2.31. The molecule has 0 saturated carbocycles. The second kappa shape index (κ2) is 4.89. The first-order valence-corrected chi connectivity index (χ1v) is 5.86. The van der Waals surface area contributed by atoms with Gasteiger partial charge in [-0.25, -0.2) is 0 Å². The lowest BCUT2D eigenvalue weighted by molar-refractivity contribution is -0.129. The van der Waals surface area contributed by atoms with Crippen LogP contribution in [0.3, 0.4) is 0 Å². The van der Waals surface area contributed by atoms with Crippen LogP contribution in [0.15, 0.2) is 18.2 Å². The molecular weight excluding hydrogens is 248 g/mol. The highest BCUT2D eigenvalue weighted by Gasteiger charge is 2.35. The molecule has 1 aromatic carbocycles. The van der Waals surface area contributed by atoms with Crippen molar-refractivity contribution in [2.75, 3.05) is 24.4 Å². The van der Waals surface area contributed by atoms with Crippen molar-refractivity contribution in [3.63, 3.8) is 0 Å². The first-order valence-electron chi connectivity index (χ1n) is 5.86. The molecule has 1 aliphatic heterocycles. The van der Waals surface area contributed by atoms with Gasteiger partial charge in [-0.15, -0.1) is 0 Å². The molecule has 2 rings (SSSR count). The maximum Gasteiger partial charge on any atom is 0.268 e. The van der Waals surface area contributed by atoms with Gasteiger partial charge in [0.25, 0.3) is 5.91 Å². The predicted octanol–water partition coefficient (Wildman–Crippen LogP) is 1.38. The Hall–Kier alpha value is -2.08. The van der Waals surface area contributed by atoms with E-state index < -0.39 is 5.60 Å². The van der Waals surface area contributed by atoms with Gasteiger partial charge in [0, 0.05) is 12.8 Å². The summed E-state index contributed by atoms with van der Waals surface area (Å²) >= 11 is 0. The van der Waals surface area contributed by atoms with Crippen molar-refractivity contribution >= 4 is 23.2 Å². The number of hydrogen-bond acceptors (Lipinski definition) is 4. The normalized spacial score (nSPS) is 16.1. The van der Waals surface area contributed by atoms with Gasteiger partial charge < -0.3 is 20.1 Å². The van der Waals surface area contributed by atoms with E-state index in [9.17, 15) is 9.59 Å². The number of anilines is 2. The van der Waals surface area contributed by atoms with Crippen molar-refractivity contribution in [3.8, 4) is 5.75 Å². The molecule has 1 heterocycles. The van der Waals surface area contributed by atoms with Crippen molar-refractivity contribution in [1.82, 2.24) is 0 Å². The molecule has 0 saturated heterocycles. The van der Waals surface area contributed by atoms with E-state index in [1.54, 1.807) is 32.0 Å². The molecule has 6 heteroatoms. The van der Waals surface area contributed by atoms with E-state index in [2.05, 4.69) is 10.6 Å². The Morgan fingerprint density at radius 2 is 2.21 bits per heavy atom. The summed E-state index contributed by atoms with van der Waals surface area (Å²) in [7, 11) is 1.45. The molecule has 0 radical (unpaired) electrons. The quantitative estimate of drug-likeness (QED) is 0.864. The summed E-state index contributed by atoms with van der Waals surface area (Å²) in [5, 5.41) is 5.41. The molecule has 2 N–H and O–H groups in total. The lowest BCUT2D eigenvalue weighted by Crippen LogP contribution is -2.45. The van der Waals surface area contributed by atoms with Crippen LogP contribution in [0.25, 0.3) is 0 Å². The average molecular weight is 264 g/mol. The Balaban J connectivity index is 2.19. The number of rotatable bonds is 3. The number of carbonyl (C=O) groups is 2. The smallest absolute Gasteiger partial charge is 0.268 e. The predicted molar refractivity (Wildman–Crippen MR) is 70.3 cm³/mol. The Labute approximate surface area is 111 Å². The summed E-state index contributed by atoms with van der Waals surface area (Å²) in [5.74, 6) is 0.0977. The number of hydrogen-bond donors (Lipinski definition) is 2. The maximum absolute atomic E-state index is 11.8. The highest BCUT2D eigenvalue weighted by atomic mass is 16.5. The third-order valence-corrected chi connectivity index (χ3v) is 2.70. The number of amides is 2. The van der Waals surface area contributed by atoms with Gasteiger partial charge in [-0.1, -0.05) is 0 Å². The summed E-state index contributed by atoms with van der Waals surface area (Å²) in [6.45, 7) is 3.37. The summed E-state index contributed by atoms with van der Waals surface area (Å²) in [6.07, 6.45) is 0. The number of fused-ring (bicyclic) bond motifs is 1. The number of ether oxygens (including phenoxy) is 2. The third kappa shape index (κ3) is 2.85. The molecule has 0 aliphatic carbocycles. The second-order valence-corrected chi connectivity index (χ2v) is 4.76. The van der Waals surface area contributed by atoms with Crippen LogP contribution in [0.5, 0.6) is 5.75 Å². The molecule has 1 aromatic rings. The van der Waals surface area contributed by atoms with Crippen LogP contribution in [0.1, 0.15) is 13.8 Å². The summed E-state index contributed by atoms with van der Waals surface area (Å²) < 4.78 is 10.3. The van der Waals surface area contributed by atoms with E-state index in [0.29, 0.717) is 17.1 Å². The minimum Gasteiger partial charge on any atom is -0.476 e. The number of benzene rings is 1. The number of methoxy groups -OCH3 is 1. The van der Waals surface area contributed by atoms with Crippen LogP contribution in [-0.4, -0.2) is 31.1 Å². The minimum absolute atomic E-state index is 0.0209. The van der Waals surface area contributed by atoms with Crippen LogP contribution in [0.4, 0.5) is 11.4 Å². The van der Waals surface area contributed by atoms with Gasteiger partial charge in [-0.2, -0.15) is 0 Å². The van der Waals surface area contributed by atoms with Crippen LogP contribution >= 0.6 is 0 Å². The first-order chi connectivity index (χ1) is 8.92. The molecule has 6 nitrogen and oxygen atoms in total. The standard InChI is InChI=1S/C13H16N2O4/c1-13(2)12(17)15-9-6-8(4-5-10(9)19-13)14-11(16)7-18-3/h4-6H,7H2,1-3H3,(H,14,16)(H,15,17). The number of nitrogens with one attached hydrogen (secondary N) is 2. The summed E-state index contributed by atoms with van der Waals surface area (Å²) in [5.41, 5.74) is 0.220. The third-order valence-electron chi connectivity index (χ3n) is 2.70. The Bertz CT molecular complexity index is 525. The molecular formula is C13H16N2O4. The van der Waals surface area contributed by atoms with Crippen molar-refractivity contribution in [2.45, 2.75) is 19.4 Å². The van der Waals surface area contributed by atoms with E-state index in [-0.39, 0.29) is 18.4 Å². The monoisotopic (exact) mass is 264 g/mol. The molecule has 0 fully saturated rings. The highest BCUT2D eigenvalue weighted by Crippen LogP contribution is 2.35. The van der Waals surface area contributed by atoms with Crippen molar-refractivity contribution in [3.05, 3.63) is 18.2 Å². The first kappa shape index (κ1) is 13.4. The SMILES string of the molecule is COCC(=O)Nc1ccc2c(c1)NC(=O)C(C)(C)O2. The van der Waals surface area contributed by atoms with Gasteiger partial charge in [0.15, 0.2) is 5.60 Å². The summed E-state index contributed by atoms with van der Waals surface area (Å²) in [4.78, 5) is 23.2. The van der Waals surface area contributed by atoms with Crippen LogP contribution in [0, 0.1) is 0 Å². The molecule has 0 atom stereocenters. The Kier molecular flexibility index (Phi) is 3.44. The molecule has 0 spiro atoms. The van der Waals surface area contributed by atoms with Gasteiger partial charge in [0.1, 0.15) is 12.4 Å². The van der Waals surface area contributed by atoms with E-state index in [1.807, 2.05) is 0 Å². The topological polar surface area (TPSA) is 76.7 Å². The molecule has 0 unspecified atom stereocenters. The van der Waals surface area contributed by atoms with Crippen molar-refractivity contribution in [2.24, 2.45) is 0 Å². The minimum atomic E-state index is -0.895. The zero-order valence-electron chi connectivity index (χ0n) is 11.1. The maximum atomic E-state index is 11.8. The second-order valence-electron chi connectivity index (χ2n) is 4.76. The van der Waals surface area contributed by atoms with Gasteiger partial charge in [-0.3, -0.25) is 9.59 Å². The lowest BCUT2D eigenvalue weighted by atomic mass is 10.1. The fraction of sp³-hybridized carbons (Fsp3) is 0.385. The fourth-order valence-electron chi connectivity index (χ4n) is 1.72. The van der Waals surface area contributed by atoms with Crippen LogP contribution in [0.2, 0.25) is 0 Å². The van der Waals surface area contributed by atoms with E-state index in [0.717, 1.165) is 0 Å². The van der Waals surface area contributed by atoms with E-state index in [1.165, 1.54) is 7.11 Å². The molecule has 2 amide bonds. The summed E-state index contributed by atoms with van der Waals surface area (Å²) in [6, 6.07) is 5.06. The number of carbonyl (C=O) groups excluding carboxylic acids is 2. The largest absolute Gasteiger partial charge is 0.476 e. The van der Waals surface area contributed by atoms with Crippen molar-refractivity contribution < 1.29 is 19.1 Å². The van der Waals surface area contributed by atoms with E-state index in [4.69, 9.17) is 9.47 Å². The molecule has 0 bridgehead atoms. The van der Waals surface area contributed by atoms with Crippen LogP contribution < -0.4 is 15.4 Å². The molecule has 19 heavy (non-hydrogen) atoms. The zero-order valence-corrected chi connectivity index (χ0v) is 11.1. The fourth-order valence-corrected chi connectivity index (χ4v) is 1.72.